The van der Waals surface area contributed by atoms with Crippen LogP contribution in [0, 0.1) is 10.1 Å². The van der Waals surface area contributed by atoms with Gasteiger partial charge in [0, 0.05) is 25.1 Å². The minimum Gasteiger partial charge on any atom is -0.410 e. The highest BCUT2D eigenvalue weighted by molar-refractivity contribution is 5.76. The Morgan fingerprint density at radius 2 is 1.94 bits per heavy atom. The Kier molecular flexibility index (Phi) is 4.79. The molecule has 1 aromatic carbocycles. The first-order chi connectivity index (χ1) is 8.49. The number of nitro benzene ring substituents is 1. The van der Waals surface area contributed by atoms with E-state index in [9.17, 15) is 19.7 Å². The topological polar surface area (TPSA) is 98.5 Å². The van der Waals surface area contributed by atoms with Gasteiger partial charge in [0.25, 0.3) is 5.69 Å². The fraction of sp³-hybridized carbons (Fsp3) is 0.273. The summed E-state index contributed by atoms with van der Waals surface area (Å²) in [6, 6.07) is 5.11. The summed E-state index contributed by atoms with van der Waals surface area (Å²) in [6.45, 7) is 1.62. The van der Waals surface area contributed by atoms with E-state index in [4.69, 9.17) is 4.74 Å². The molecule has 18 heavy (non-hydrogen) atoms. The molecule has 1 N–H and O–H groups in total. The van der Waals surface area contributed by atoms with E-state index < -0.39 is 11.0 Å². The molecule has 0 fully saturated rings. The molecule has 1 amide bonds. The molecule has 0 saturated carbocycles. The maximum atomic E-state index is 11.2. The number of amides is 1. The number of carbonyl (C=O) groups is 2. The molecule has 0 heterocycles. The van der Waals surface area contributed by atoms with E-state index in [1.165, 1.54) is 31.2 Å². The van der Waals surface area contributed by atoms with Gasteiger partial charge in [0.1, 0.15) is 11.5 Å². The number of benzene rings is 1. The van der Waals surface area contributed by atoms with Crippen molar-refractivity contribution in [1.82, 2.24) is 5.32 Å². The third-order valence-electron chi connectivity index (χ3n) is 2.00. The lowest BCUT2D eigenvalue weighted by Crippen LogP contribution is -2.28. The number of non-ortho nitro benzene ring substituents is 1. The summed E-state index contributed by atoms with van der Waals surface area (Å²) < 4.78 is 4.85. The van der Waals surface area contributed by atoms with Crippen molar-refractivity contribution in [2.24, 2.45) is 0 Å². The monoisotopic (exact) mass is 252 g/mol. The number of rotatable bonds is 5. The Hall–Kier alpha value is -2.44. The molecule has 0 spiro atoms. The van der Waals surface area contributed by atoms with Crippen LogP contribution in [0.5, 0.6) is 5.75 Å². The van der Waals surface area contributed by atoms with Gasteiger partial charge >= 0.3 is 6.09 Å². The Bertz CT molecular complexity index is 455. The summed E-state index contributed by atoms with van der Waals surface area (Å²) >= 11 is 0. The number of ether oxygens (including phenoxy) is 1. The SMILES string of the molecule is CC(=O)CCNC(=O)Oc1ccc([N+](=O)[O-])cc1. The highest BCUT2D eigenvalue weighted by Crippen LogP contribution is 2.17. The lowest BCUT2D eigenvalue weighted by molar-refractivity contribution is -0.384. The van der Waals surface area contributed by atoms with Crippen LogP contribution in [0.2, 0.25) is 0 Å². The maximum Gasteiger partial charge on any atom is 0.412 e. The molecule has 0 aliphatic carbocycles. The predicted molar refractivity (Wildman–Crippen MR) is 62.4 cm³/mol. The van der Waals surface area contributed by atoms with Gasteiger partial charge in [-0.3, -0.25) is 14.9 Å². The summed E-state index contributed by atoms with van der Waals surface area (Å²) in [4.78, 5) is 31.7. The van der Waals surface area contributed by atoms with Gasteiger partial charge in [0.15, 0.2) is 0 Å². The second-order valence-corrected chi connectivity index (χ2v) is 3.52. The van der Waals surface area contributed by atoms with Crippen molar-refractivity contribution in [3.05, 3.63) is 34.4 Å². The van der Waals surface area contributed by atoms with E-state index in [0.717, 1.165) is 0 Å². The molecule has 1 aromatic rings. The van der Waals surface area contributed by atoms with Crippen molar-refractivity contribution in [3.63, 3.8) is 0 Å². The number of ketones is 1. The molecule has 0 saturated heterocycles. The molecule has 0 radical (unpaired) electrons. The zero-order valence-electron chi connectivity index (χ0n) is 9.71. The van der Waals surface area contributed by atoms with Crippen LogP contribution in [0.3, 0.4) is 0 Å². The van der Waals surface area contributed by atoms with Gasteiger partial charge in [-0.1, -0.05) is 0 Å². The lowest BCUT2D eigenvalue weighted by Gasteiger charge is -2.05. The molecule has 7 heteroatoms. The molecule has 0 atom stereocenters. The Balaban J connectivity index is 2.44. The number of nitro groups is 1. The van der Waals surface area contributed by atoms with Gasteiger partial charge in [-0.15, -0.1) is 0 Å². The Labute approximate surface area is 103 Å². The predicted octanol–water partition coefficient (Wildman–Crippen LogP) is 1.66. The summed E-state index contributed by atoms with van der Waals surface area (Å²) in [5.74, 6) is 0.159. The molecule has 7 nitrogen and oxygen atoms in total. The van der Waals surface area contributed by atoms with Gasteiger partial charge in [0.05, 0.1) is 4.92 Å². The zero-order valence-corrected chi connectivity index (χ0v) is 9.71. The van der Waals surface area contributed by atoms with Crippen LogP contribution in [0.15, 0.2) is 24.3 Å². The van der Waals surface area contributed by atoms with E-state index in [1.807, 2.05) is 0 Å². The number of nitrogens with one attached hydrogen (secondary N) is 1. The van der Waals surface area contributed by atoms with Crippen LogP contribution < -0.4 is 10.1 Å². The highest BCUT2D eigenvalue weighted by Gasteiger charge is 2.07. The average Bonchev–Trinajstić information content (AvgIpc) is 2.29. The quantitative estimate of drug-likeness (QED) is 0.634. The van der Waals surface area contributed by atoms with Crippen molar-refractivity contribution < 1.29 is 19.2 Å². The number of Topliss-reactive ketones (excluding diaryl/α,β-unsaturated/α-hetero) is 1. The first kappa shape index (κ1) is 13.6. The Morgan fingerprint density at radius 1 is 1.33 bits per heavy atom. The number of hydrogen-bond acceptors (Lipinski definition) is 5. The molecule has 0 aliphatic rings. The molecule has 0 aliphatic heterocycles. The van der Waals surface area contributed by atoms with Gasteiger partial charge in [-0.25, -0.2) is 4.79 Å². The Morgan fingerprint density at radius 3 is 2.44 bits per heavy atom. The highest BCUT2D eigenvalue weighted by atomic mass is 16.6. The summed E-state index contributed by atoms with van der Waals surface area (Å²) in [7, 11) is 0. The van der Waals surface area contributed by atoms with Gasteiger partial charge in [0.2, 0.25) is 0 Å². The molecular weight excluding hydrogens is 240 g/mol. The van der Waals surface area contributed by atoms with Gasteiger partial charge in [-0.2, -0.15) is 0 Å². The largest absolute Gasteiger partial charge is 0.412 e. The smallest absolute Gasteiger partial charge is 0.410 e. The van der Waals surface area contributed by atoms with E-state index in [0.29, 0.717) is 0 Å². The van der Waals surface area contributed by atoms with Gasteiger partial charge in [-0.05, 0) is 19.1 Å². The van der Waals surface area contributed by atoms with Crippen molar-refractivity contribution in [2.45, 2.75) is 13.3 Å². The number of carbonyl (C=O) groups excluding carboxylic acids is 2. The molecule has 0 bridgehead atoms. The molecular formula is C11H12N2O5. The molecule has 96 valence electrons. The summed E-state index contributed by atoms with van der Waals surface area (Å²) in [5, 5.41) is 12.8. The fourth-order valence-corrected chi connectivity index (χ4v) is 1.12. The van der Waals surface area contributed by atoms with E-state index >= 15 is 0 Å². The fourth-order valence-electron chi connectivity index (χ4n) is 1.12. The van der Waals surface area contributed by atoms with Crippen LogP contribution in [-0.2, 0) is 4.79 Å². The average molecular weight is 252 g/mol. The lowest BCUT2D eigenvalue weighted by atomic mass is 10.3. The van der Waals surface area contributed by atoms with Crippen molar-refractivity contribution in [2.75, 3.05) is 6.54 Å². The maximum absolute atomic E-state index is 11.2. The van der Waals surface area contributed by atoms with Crippen molar-refractivity contribution in [3.8, 4) is 5.75 Å². The second-order valence-electron chi connectivity index (χ2n) is 3.52. The van der Waals surface area contributed by atoms with Crippen LogP contribution in [0.1, 0.15) is 13.3 Å². The van der Waals surface area contributed by atoms with Crippen LogP contribution in [0.4, 0.5) is 10.5 Å². The standard InChI is InChI=1S/C11H12N2O5/c1-8(14)6-7-12-11(15)18-10-4-2-9(3-5-10)13(16)17/h2-5H,6-7H2,1H3,(H,12,15). The molecule has 0 unspecified atom stereocenters. The number of hydrogen-bond donors (Lipinski definition) is 1. The van der Waals surface area contributed by atoms with E-state index in [-0.39, 0.29) is 30.2 Å². The van der Waals surface area contributed by atoms with Crippen molar-refractivity contribution >= 4 is 17.6 Å². The first-order valence-corrected chi connectivity index (χ1v) is 5.18. The van der Waals surface area contributed by atoms with E-state index in [1.54, 1.807) is 0 Å². The minimum absolute atomic E-state index is 0.0364. The van der Waals surface area contributed by atoms with E-state index in [2.05, 4.69) is 5.32 Å². The van der Waals surface area contributed by atoms with Crippen LogP contribution >= 0.6 is 0 Å². The normalized spacial score (nSPS) is 9.61. The van der Waals surface area contributed by atoms with Crippen LogP contribution in [-0.4, -0.2) is 23.3 Å². The van der Waals surface area contributed by atoms with Crippen molar-refractivity contribution in [1.29, 1.82) is 0 Å². The first-order valence-electron chi connectivity index (χ1n) is 5.18. The van der Waals surface area contributed by atoms with Gasteiger partial charge < -0.3 is 10.1 Å². The molecule has 0 aromatic heterocycles. The third-order valence-corrected chi connectivity index (χ3v) is 2.00. The zero-order chi connectivity index (χ0) is 13.5. The summed E-state index contributed by atoms with van der Waals surface area (Å²) in [5.41, 5.74) is -0.0839. The molecule has 1 rings (SSSR count). The summed E-state index contributed by atoms with van der Waals surface area (Å²) in [6.07, 6.45) is -0.472. The number of nitrogens with zero attached hydrogens (tertiary/aromatic N) is 1. The second kappa shape index (κ2) is 6.33. The minimum atomic E-state index is -0.704. The third kappa shape index (κ3) is 4.60. The van der Waals surface area contributed by atoms with Crippen LogP contribution in [0.25, 0.3) is 0 Å².